The fraction of sp³-hybridized carbons (Fsp3) is 0.0370. The van der Waals surface area contributed by atoms with Gasteiger partial charge in [-0.05, 0) is 36.4 Å². The number of non-ortho nitro benzene ring substituents is 1. The number of para-hydroxylation sites is 1. The second-order valence-corrected chi connectivity index (χ2v) is 7.79. The summed E-state index contributed by atoms with van der Waals surface area (Å²) in [7, 11) is 1.50. The molecule has 0 radical (unpaired) electrons. The van der Waals surface area contributed by atoms with Gasteiger partial charge in [0.15, 0.2) is 0 Å². The van der Waals surface area contributed by atoms with Gasteiger partial charge in [-0.3, -0.25) is 19.5 Å². The molecule has 9 heteroatoms. The molecule has 0 bridgehead atoms. The zero-order chi connectivity index (χ0) is 25.1. The molecule has 0 spiro atoms. The van der Waals surface area contributed by atoms with Crippen LogP contribution >= 0.6 is 0 Å². The van der Waals surface area contributed by atoms with Crippen molar-refractivity contribution in [1.82, 2.24) is 9.55 Å². The average molecular weight is 477 g/mol. The van der Waals surface area contributed by atoms with Crippen LogP contribution in [0.4, 0.5) is 17.1 Å². The topological polar surface area (TPSA) is 112 Å². The van der Waals surface area contributed by atoms with Crippen molar-refractivity contribution in [3.8, 4) is 22.8 Å². The third-order valence-electron chi connectivity index (χ3n) is 5.56. The van der Waals surface area contributed by atoms with Crippen LogP contribution in [0, 0.1) is 10.1 Å². The summed E-state index contributed by atoms with van der Waals surface area (Å²) >= 11 is 0. The van der Waals surface area contributed by atoms with Crippen LogP contribution in [0.3, 0.4) is 0 Å². The molecular formula is C27H19N5O4. The Hall–Kier alpha value is -5.18. The smallest absolute Gasteiger partial charge is 0.269 e. The van der Waals surface area contributed by atoms with Crippen molar-refractivity contribution in [2.75, 3.05) is 7.11 Å². The molecular weight excluding hydrogens is 458 g/mol. The highest BCUT2D eigenvalue weighted by atomic mass is 16.6. The summed E-state index contributed by atoms with van der Waals surface area (Å²) in [6.45, 7) is 0. The van der Waals surface area contributed by atoms with Gasteiger partial charge in [0.05, 0.1) is 34.3 Å². The zero-order valence-corrected chi connectivity index (χ0v) is 19.1. The largest absolute Gasteiger partial charge is 0.494 e. The van der Waals surface area contributed by atoms with Gasteiger partial charge >= 0.3 is 0 Å². The highest BCUT2D eigenvalue weighted by molar-refractivity contribution is 5.80. The van der Waals surface area contributed by atoms with Crippen molar-refractivity contribution in [2.24, 2.45) is 10.2 Å². The number of ether oxygens (including phenoxy) is 1. The molecule has 0 amide bonds. The molecule has 0 N–H and O–H groups in total. The maximum absolute atomic E-state index is 13.6. The predicted molar refractivity (Wildman–Crippen MR) is 137 cm³/mol. The predicted octanol–water partition coefficient (Wildman–Crippen LogP) is 6.38. The van der Waals surface area contributed by atoms with Crippen molar-refractivity contribution < 1.29 is 9.66 Å². The number of methoxy groups -OCH3 is 1. The van der Waals surface area contributed by atoms with E-state index >= 15 is 0 Å². The summed E-state index contributed by atoms with van der Waals surface area (Å²) in [4.78, 5) is 28.7. The Labute approximate surface area is 205 Å². The maximum Gasteiger partial charge on any atom is 0.269 e. The van der Waals surface area contributed by atoms with Crippen LogP contribution in [0.15, 0.2) is 112 Å². The Morgan fingerprint density at radius 2 is 1.61 bits per heavy atom. The van der Waals surface area contributed by atoms with E-state index in [-0.39, 0.29) is 11.2 Å². The number of fused-ring (bicyclic) bond motifs is 1. The minimum absolute atomic E-state index is 0.0282. The summed E-state index contributed by atoms with van der Waals surface area (Å²) in [5.41, 5.74) is 2.61. The number of hydrogen-bond donors (Lipinski definition) is 0. The maximum atomic E-state index is 13.6. The Kier molecular flexibility index (Phi) is 6.02. The molecule has 0 atom stereocenters. The van der Waals surface area contributed by atoms with E-state index < -0.39 is 4.92 Å². The first-order chi connectivity index (χ1) is 17.5. The molecule has 36 heavy (non-hydrogen) atoms. The van der Waals surface area contributed by atoms with Crippen molar-refractivity contribution in [3.63, 3.8) is 0 Å². The summed E-state index contributed by atoms with van der Waals surface area (Å²) in [5, 5.41) is 19.7. The molecule has 0 saturated heterocycles. The molecule has 0 fully saturated rings. The molecule has 0 aliphatic heterocycles. The number of nitro benzene ring substituents is 1. The number of nitrogens with zero attached hydrogens (tertiary/aromatic N) is 5. The minimum Gasteiger partial charge on any atom is -0.494 e. The van der Waals surface area contributed by atoms with Crippen LogP contribution in [0.25, 0.3) is 28.0 Å². The van der Waals surface area contributed by atoms with E-state index in [1.165, 1.54) is 31.4 Å². The van der Waals surface area contributed by atoms with E-state index in [1.807, 2.05) is 42.5 Å². The van der Waals surface area contributed by atoms with Crippen LogP contribution in [0.5, 0.6) is 5.75 Å². The lowest BCUT2D eigenvalue weighted by atomic mass is 10.1. The van der Waals surface area contributed by atoms with E-state index in [0.717, 1.165) is 5.56 Å². The lowest BCUT2D eigenvalue weighted by Gasteiger charge is -2.15. The number of benzene rings is 4. The van der Waals surface area contributed by atoms with E-state index in [9.17, 15) is 14.9 Å². The van der Waals surface area contributed by atoms with Crippen molar-refractivity contribution in [2.45, 2.75) is 0 Å². The van der Waals surface area contributed by atoms with Crippen LogP contribution in [0.1, 0.15) is 0 Å². The van der Waals surface area contributed by atoms with Crippen LogP contribution < -0.4 is 10.3 Å². The molecule has 1 heterocycles. The number of rotatable bonds is 6. The summed E-state index contributed by atoms with van der Waals surface area (Å²) in [6, 6.07) is 27.6. The second kappa shape index (κ2) is 9.59. The van der Waals surface area contributed by atoms with Gasteiger partial charge in [-0.25, -0.2) is 4.98 Å². The Balaban J connectivity index is 1.60. The highest BCUT2D eigenvalue weighted by Gasteiger charge is 2.16. The monoisotopic (exact) mass is 477 g/mol. The lowest BCUT2D eigenvalue weighted by Crippen LogP contribution is -2.22. The normalized spacial score (nSPS) is 11.1. The lowest BCUT2D eigenvalue weighted by molar-refractivity contribution is -0.384. The molecule has 176 valence electrons. The van der Waals surface area contributed by atoms with Gasteiger partial charge in [0.25, 0.3) is 11.2 Å². The number of hydrogen-bond acceptors (Lipinski definition) is 7. The Bertz CT molecular complexity index is 1660. The Morgan fingerprint density at radius 1 is 0.889 bits per heavy atom. The first-order valence-corrected chi connectivity index (χ1v) is 11.0. The van der Waals surface area contributed by atoms with Crippen molar-refractivity contribution in [3.05, 3.63) is 118 Å². The molecule has 5 aromatic rings. The molecule has 1 aromatic heterocycles. The van der Waals surface area contributed by atoms with E-state index in [0.29, 0.717) is 39.5 Å². The number of nitro groups is 1. The molecule has 0 saturated carbocycles. The molecule has 5 rings (SSSR count). The van der Waals surface area contributed by atoms with Crippen LogP contribution in [0.2, 0.25) is 0 Å². The third-order valence-corrected chi connectivity index (χ3v) is 5.56. The highest BCUT2D eigenvalue weighted by Crippen LogP contribution is 2.33. The van der Waals surface area contributed by atoms with E-state index in [1.54, 1.807) is 34.9 Å². The second-order valence-electron chi connectivity index (χ2n) is 7.79. The SMILES string of the molecule is COc1cc(-n2c(-c3ccccc3)nc3ccccc3c2=O)ccc1N=Nc1ccc([N+](=O)[O-])cc1. The van der Waals surface area contributed by atoms with E-state index in [2.05, 4.69) is 10.2 Å². The van der Waals surface area contributed by atoms with Gasteiger partial charge in [-0.1, -0.05) is 42.5 Å². The van der Waals surface area contributed by atoms with Gasteiger partial charge in [-0.15, -0.1) is 5.11 Å². The van der Waals surface area contributed by atoms with E-state index in [4.69, 9.17) is 9.72 Å². The fourth-order valence-electron chi connectivity index (χ4n) is 3.79. The van der Waals surface area contributed by atoms with Gasteiger partial charge in [-0.2, -0.15) is 5.11 Å². The van der Waals surface area contributed by atoms with Crippen molar-refractivity contribution in [1.29, 1.82) is 0 Å². The first-order valence-electron chi connectivity index (χ1n) is 11.0. The van der Waals surface area contributed by atoms with Gasteiger partial charge in [0, 0.05) is 23.8 Å². The third kappa shape index (κ3) is 4.32. The van der Waals surface area contributed by atoms with Gasteiger partial charge < -0.3 is 4.74 Å². The van der Waals surface area contributed by atoms with Crippen molar-refractivity contribution >= 4 is 28.0 Å². The standard InChI is InChI=1S/C27H19N5O4/c1-36-25-17-21(15-16-24(25)30-29-19-11-13-20(14-12-19)32(34)35)31-26(18-7-3-2-4-8-18)28-23-10-6-5-9-22(23)27(31)33/h2-17H,1H3. The molecule has 9 nitrogen and oxygen atoms in total. The Morgan fingerprint density at radius 3 is 2.33 bits per heavy atom. The summed E-state index contributed by atoms with van der Waals surface area (Å²) in [5.74, 6) is 0.902. The van der Waals surface area contributed by atoms with Crippen LogP contribution in [-0.4, -0.2) is 21.6 Å². The molecule has 0 aliphatic carbocycles. The summed E-state index contributed by atoms with van der Waals surface area (Å²) < 4.78 is 7.09. The molecule has 0 unspecified atom stereocenters. The average Bonchev–Trinajstić information content (AvgIpc) is 2.92. The number of azo groups is 1. The molecule has 0 aliphatic rings. The number of aromatic nitrogens is 2. The van der Waals surface area contributed by atoms with Gasteiger partial charge in [0.1, 0.15) is 17.3 Å². The van der Waals surface area contributed by atoms with Crippen LogP contribution in [-0.2, 0) is 0 Å². The molecule has 4 aromatic carbocycles. The minimum atomic E-state index is -0.476. The fourth-order valence-corrected chi connectivity index (χ4v) is 3.79. The van der Waals surface area contributed by atoms with Gasteiger partial charge in [0.2, 0.25) is 0 Å². The quantitative estimate of drug-likeness (QED) is 0.160. The first kappa shape index (κ1) is 22.6. The summed E-state index contributed by atoms with van der Waals surface area (Å²) in [6.07, 6.45) is 0. The zero-order valence-electron chi connectivity index (χ0n) is 19.1.